The van der Waals surface area contributed by atoms with E-state index in [4.69, 9.17) is 16.3 Å². The van der Waals surface area contributed by atoms with E-state index in [1.54, 1.807) is 6.33 Å². The lowest BCUT2D eigenvalue weighted by Gasteiger charge is -2.29. The van der Waals surface area contributed by atoms with Crippen LogP contribution in [-0.4, -0.2) is 40.8 Å². The summed E-state index contributed by atoms with van der Waals surface area (Å²) >= 11 is 6.09. The van der Waals surface area contributed by atoms with Gasteiger partial charge in [-0.15, -0.1) is 0 Å². The Labute approximate surface area is 139 Å². The largest absolute Gasteiger partial charge is 0.378 e. The van der Waals surface area contributed by atoms with Gasteiger partial charge in [-0.3, -0.25) is 0 Å². The number of anilines is 1. The van der Waals surface area contributed by atoms with Gasteiger partial charge in [-0.25, -0.2) is 14.4 Å². The van der Waals surface area contributed by atoms with Crippen molar-refractivity contribution in [2.45, 2.75) is 38.1 Å². The first kappa shape index (κ1) is 15.1. The maximum Gasteiger partial charge on any atom is 0.186 e. The number of aromatic nitrogens is 3. The summed E-state index contributed by atoms with van der Waals surface area (Å²) in [5.41, 5.74) is 1.78. The fraction of sp³-hybridized carbons (Fsp3) is 0.625. The van der Waals surface area contributed by atoms with E-state index in [9.17, 15) is 4.39 Å². The molecule has 1 aliphatic carbocycles. The summed E-state index contributed by atoms with van der Waals surface area (Å²) in [5.74, 6) is -0.477. The minimum atomic E-state index is -0.477. The van der Waals surface area contributed by atoms with Crippen LogP contribution in [0.25, 0.3) is 11.2 Å². The zero-order valence-electron chi connectivity index (χ0n) is 13.0. The predicted molar refractivity (Wildman–Crippen MR) is 87.7 cm³/mol. The maximum absolute atomic E-state index is 14.6. The molecule has 0 unspecified atom stereocenters. The smallest absolute Gasteiger partial charge is 0.186 e. The van der Waals surface area contributed by atoms with E-state index in [-0.39, 0.29) is 5.15 Å². The molecule has 5 nitrogen and oxygen atoms in total. The van der Waals surface area contributed by atoms with Crippen molar-refractivity contribution in [3.05, 3.63) is 17.3 Å². The number of morpholine rings is 1. The molecule has 23 heavy (non-hydrogen) atoms. The quantitative estimate of drug-likeness (QED) is 0.785. The minimum Gasteiger partial charge on any atom is -0.378 e. The molecular formula is C16H20ClFN4O. The highest BCUT2D eigenvalue weighted by Crippen LogP contribution is 2.36. The molecule has 2 aromatic heterocycles. The summed E-state index contributed by atoms with van der Waals surface area (Å²) in [6.07, 6.45) is 7.76. The Bertz CT molecular complexity index is 708. The van der Waals surface area contributed by atoms with E-state index in [0.29, 0.717) is 49.2 Å². The molecule has 7 heteroatoms. The molecule has 0 aromatic carbocycles. The van der Waals surface area contributed by atoms with Gasteiger partial charge in [-0.2, -0.15) is 0 Å². The summed E-state index contributed by atoms with van der Waals surface area (Å²) in [5, 5.41) is -0.0726. The topological polar surface area (TPSA) is 43.2 Å². The third-order valence-corrected chi connectivity index (χ3v) is 5.13. The van der Waals surface area contributed by atoms with E-state index < -0.39 is 5.82 Å². The molecule has 2 fully saturated rings. The predicted octanol–water partition coefficient (Wildman–Crippen LogP) is 3.57. The highest BCUT2D eigenvalue weighted by atomic mass is 35.5. The van der Waals surface area contributed by atoms with Crippen LogP contribution in [0.1, 0.15) is 38.1 Å². The van der Waals surface area contributed by atoms with E-state index >= 15 is 0 Å². The van der Waals surface area contributed by atoms with Crippen LogP contribution in [0.4, 0.5) is 10.1 Å². The molecule has 1 saturated carbocycles. The fourth-order valence-electron chi connectivity index (χ4n) is 3.68. The Kier molecular flexibility index (Phi) is 4.11. The van der Waals surface area contributed by atoms with Crippen molar-refractivity contribution < 1.29 is 9.13 Å². The standard InChI is InChI=1S/C16H20ClFN4O/c17-15-12(18)14(21-6-8-23-9-7-21)13-16(20-15)22(10-19-13)11-4-2-1-3-5-11/h10-11H,1-9H2. The molecule has 0 spiro atoms. The Morgan fingerprint density at radius 3 is 2.65 bits per heavy atom. The van der Waals surface area contributed by atoms with E-state index in [1.807, 2.05) is 4.90 Å². The summed E-state index contributed by atoms with van der Waals surface area (Å²) in [7, 11) is 0. The molecule has 0 N–H and O–H groups in total. The highest BCUT2D eigenvalue weighted by Gasteiger charge is 2.26. The summed E-state index contributed by atoms with van der Waals surface area (Å²) < 4.78 is 22.1. The Morgan fingerprint density at radius 2 is 1.91 bits per heavy atom. The molecule has 0 radical (unpaired) electrons. The number of fused-ring (bicyclic) bond motifs is 1. The van der Waals surface area contributed by atoms with Crippen LogP contribution in [0.2, 0.25) is 5.15 Å². The Balaban J connectivity index is 1.82. The molecule has 0 amide bonds. The van der Waals surface area contributed by atoms with Gasteiger partial charge in [-0.05, 0) is 12.8 Å². The van der Waals surface area contributed by atoms with E-state index in [0.717, 1.165) is 12.8 Å². The lowest BCUT2D eigenvalue weighted by atomic mass is 9.95. The lowest BCUT2D eigenvalue weighted by molar-refractivity contribution is 0.122. The second-order valence-corrected chi connectivity index (χ2v) is 6.64. The van der Waals surface area contributed by atoms with Crippen LogP contribution >= 0.6 is 11.6 Å². The van der Waals surface area contributed by atoms with Gasteiger partial charge in [-0.1, -0.05) is 30.9 Å². The van der Waals surface area contributed by atoms with Crippen LogP contribution in [0.15, 0.2) is 6.33 Å². The van der Waals surface area contributed by atoms with Crippen LogP contribution < -0.4 is 4.90 Å². The molecular weight excluding hydrogens is 319 g/mol. The molecule has 3 heterocycles. The highest BCUT2D eigenvalue weighted by molar-refractivity contribution is 6.30. The van der Waals surface area contributed by atoms with Gasteiger partial charge in [0.2, 0.25) is 0 Å². The zero-order valence-corrected chi connectivity index (χ0v) is 13.7. The molecule has 4 rings (SSSR count). The molecule has 1 aliphatic heterocycles. The fourth-order valence-corrected chi connectivity index (χ4v) is 3.85. The molecule has 0 atom stereocenters. The lowest BCUT2D eigenvalue weighted by Crippen LogP contribution is -2.37. The van der Waals surface area contributed by atoms with Crippen molar-refractivity contribution in [3.8, 4) is 0 Å². The number of nitrogens with zero attached hydrogens (tertiary/aromatic N) is 4. The average Bonchev–Trinajstić information content (AvgIpc) is 3.00. The second-order valence-electron chi connectivity index (χ2n) is 6.28. The number of imidazole rings is 1. The van der Waals surface area contributed by atoms with Crippen molar-refractivity contribution in [3.63, 3.8) is 0 Å². The second kappa shape index (κ2) is 6.24. The van der Waals surface area contributed by atoms with Crippen LogP contribution in [0, 0.1) is 5.82 Å². The molecule has 2 aromatic rings. The average molecular weight is 339 g/mol. The van der Waals surface area contributed by atoms with Crippen molar-refractivity contribution in [1.29, 1.82) is 0 Å². The van der Waals surface area contributed by atoms with Crippen molar-refractivity contribution in [2.24, 2.45) is 0 Å². The van der Waals surface area contributed by atoms with Crippen LogP contribution in [0.5, 0.6) is 0 Å². The molecule has 2 aliphatic rings. The Hall–Kier alpha value is -1.40. The van der Waals surface area contributed by atoms with Gasteiger partial charge in [0, 0.05) is 19.1 Å². The number of rotatable bonds is 2. The number of ether oxygens (including phenoxy) is 1. The first-order chi connectivity index (χ1) is 11.3. The Morgan fingerprint density at radius 1 is 1.17 bits per heavy atom. The molecule has 0 bridgehead atoms. The third kappa shape index (κ3) is 2.68. The number of pyridine rings is 1. The van der Waals surface area contributed by atoms with Crippen LogP contribution in [0.3, 0.4) is 0 Å². The van der Waals surface area contributed by atoms with Gasteiger partial charge in [0.15, 0.2) is 16.6 Å². The zero-order chi connectivity index (χ0) is 15.8. The van der Waals surface area contributed by atoms with Gasteiger partial charge < -0.3 is 14.2 Å². The number of hydrogen-bond donors (Lipinski definition) is 0. The van der Waals surface area contributed by atoms with Crippen molar-refractivity contribution in [1.82, 2.24) is 14.5 Å². The first-order valence-corrected chi connectivity index (χ1v) is 8.67. The summed E-state index contributed by atoms with van der Waals surface area (Å²) in [6, 6.07) is 0.389. The first-order valence-electron chi connectivity index (χ1n) is 8.30. The van der Waals surface area contributed by atoms with Gasteiger partial charge >= 0.3 is 0 Å². The van der Waals surface area contributed by atoms with Crippen molar-refractivity contribution in [2.75, 3.05) is 31.2 Å². The molecule has 1 saturated heterocycles. The van der Waals surface area contributed by atoms with Gasteiger partial charge in [0.25, 0.3) is 0 Å². The SMILES string of the molecule is Fc1c(Cl)nc2c(ncn2C2CCCCC2)c1N1CCOCC1. The number of halogens is 2. The van der Waals surface area contributed by atoms with E-state index in [1.165, 1.54) is 19.3 Å². The number of hydrogen-bond acceptors (Lipinski definition) is 4. The normalized spacial score (nSPS) is 20.3. The minimum absolute atomic E-state index is 0.0726. The maximum atomic E-state index is 14.6. The van der Waals surface area contributed by atoms with E-state index in [2.05, 4.69) is 14.5 Å². The third-order valence-electron chi connectivity index (χ3n) is 4.88. The van der Waals surface area contributed by atoms with Crippen molar-refractivity contribution >= 4 is 28.5 Å². The summed E-state index contributed by atoms with van der Waals surface area (Å²) in [4.78, 5) is 10.8. The van der Waals surface area contributed by atoms with Gasteiger partial charge in [0.1, 0.15) is 11.2 Å². The van der Waals surface area contributed by atoms with Crippen LogP contribution in [-0.2, 0) is 4.74 Å². The van der Waals surface area contributed by atoms with Gasteiger partial charge in [0.05, 0.1) is 19.5 Å². The molecule has 124 valence electrons. The monoisotopic (exact) mass is 338 g/mol. The summed E-state index contributed by atoms with van der Waals surface area (Å²) in [6.45, 7) is 2.46.